The number of carbonyl (C=O) groups is 1. The standard InChI is InChI=1S/C27H32BrN3O6S/c1-18-8-11-26(19(2)12-18)38(33,34)30-27(32)29-21(13-20-6-4-5-7-23(20)28)15-35-16-31(3)22-9-10-24-25(14-22)37-17-36-24/h4-7,9-12,14,18,21H,8,13,15-17H2,1-3H3,(H2,29,30,32)/t18?,21-/m0/s1. The van der Waals surface area contributed by atoms with Gasteiger partial charge in [-0.3, -0.25) is 0 Å². The van der Waals surface area contributed by atoms with Crippen LogP contribution in [0.3, 0.4) is 0 Å². The van der Waals surface area contributed by atoms with Crippen LogP contribution >= 0.6 is 15.9 Å². The topological polar surface area (TPSA) is 106 Å². The molecule has 1 heterocycles. The molecule has 2 aromatic carbocycles. The van der Waals surface area contributed by atoms with Crippen molar-refractivity contribution in [1.29, 1.82) is 0 Å². The first-order valence-corrected chi connectivity index (χ1v) is 14.5. The van der Waals surface area contributed by atoms with Crippen molar-refractivity contribution in [2.45, 2.75) is 32.7 Å². The Kier molecular flexibility index (Phi) is 9.01. The van der Waals surface area contributed by atoms with Crippen LogP contribution < -0.4 is 24.4 Å². The molecule has 9 nitrogen and oxygen atoms in total. The highest BCUT2D eigenvalue weighted by Crippen LogP contribution is 2.35. The number of rotatable bonds is 10. The van der Waals surface area contributed by atoms with Crippen LogP contribution in [0.5, 0.6) is 11.5 Å². The number of fused-ring (bicyclic) bond motifs is 1. The molecule has 0 radical (unpaired) electrons. The van der Waals surface area contributed by atoms with Crippen LogP contribution in [0.1, 0.15) is 25.8 Å². The van der Waals surface area contributed by atoms with Gasteiger partial charge in [-0.25, -0.2) is 17.9 Å². The van der Waals surface area contributed by atoms with Gasteiger partial charge in [-0.1, -0.05) is 53.2 Å². The molecule has 0 fully saturated rings. The zero-order chi connectivity index (χ0) is 27.3. The average Bonchev–Trinajstić information content (AvgIpc) is 3.32. The number of halogens is 1. The number of allylic oxidation sites excluding steroid dienone is 3. The number of hydrogen-bond acceptors (Lipinski definition) is 7. The number of amides is 2. The van der Waals surface area contributed by atoms with Crippen molar-refractivity contribution in [1.82, 2.24) is 10.0 Å². The van der Waals surface area contributed by atoms with Crippen molar-refractivity contribution in [3.05, 3.63) is 75.1 Å². The Labute approximate surface area is 232 Å². The quantitative estimate of drug-likeness (QED) is 0.378. The molecule has 0 bridgehead atoms. The largest absolute Gasteiger partial charge is 0.454 e. The normalized spacial score (nSPS) is 17.3. The lowest BCUT2D eigenvalue weighted by molar-refractivity contribution is 0.115. The van der Waals surface area contributed by atoms with E-state index in [-0.39, 0.29) is 31.0 Å². The van der Waals surface area contributed by atoms with Crippen molar-refractivity contribution in [2.75, 3.05) is 32.1 Å². The van der Waals surface area contributed by atoms with Crippen LogP contribution in [-0.4, -0.2) is 47.7 Å². The summed E-state index contributed by atoms with van der Waals surface area (Å²) in [5, 5.41) is 2.78. The van der Waals surface area contributed by atoms with E-state index in [0.717, 1.165) is 15.7 Å². The van der Waals surface area contributed by atoms with E-state index >= 15 is 0 Å². The van der Waals surface area contributed by atoms with E-state index in [2.05, 4.69) is 26.0 Å². The van der Waals surface area contributed by atoms with E-state index in [0.29, 0.717) is 29.9 Å². The molecular formula is C27H32BrN3O6S. The molecule has 1 aliphatic carbocycles. The highest BCUT2D eigenvalue weighted by molar-refractivity contribution is 9.10. The molecule has 38 heavy (non-hydrogen) atoms. The van der Waals surface area contributed by atoms with Crippen molar-refractivity contribution < 1.29 is 27.4 Å². The zero-order valence-corrected chi connectivity index (χ0v) is 24.0. The van der Waals surface area contributed by atoms with E-state index < -0.39 is 22.1 Å². The summed E-state index contributed by atoms with van der Waals surface area (Å²) in [5.41, 5.74) is 2.46. The first-order valence-electron chi connectivity index (χ1n) is 12.3. The van der Waals surface area contributed by atoms with Gasteiger partial charge in [-0.05, 0) is 55.0 Å². The van der Waals surface area contributed by atoms with Gasteiger partial charge < -0.3 is 24.4 Å². The maximum absolute atomic E-state index is 12.9. The van der Waals surface area contributed by atoms with Gasteiger partial charge in [0.1, 0.15) is 6.73 Å². The number of anilines is 1. The van der Waals surface area contributed by atoms with Crippen LogP contribution in [-0.2, 0) is 21.2 Å². The molecule has 0 spiro atoms. The number of ether oxygens (including phenoxy) is 3. The summed E-state index contributed by atoms with van der Waals surface area (Å²) in [6.07, 6.45) is 4.59. The molecule has 0 saturated heterocycles. The van der Waals surface area contributed by atoms with E-state index in [1.807, 2.05) is 67.4 Å². The van der Waals surface area contributed by atoms with Crippen molar-refractivity contribution >= 4 is 37.7 Å². The summed E-state index contributed by atoms with van der Waals surface area (Å²) < 4.78 is 45.6. The Hall–Kier alpha value is -3.02. The summed E-state index contributed by atoms with van der Waals surface area (Å²) in [6, 6.07) is 12.0. The Morgan fingerprint density at radius 2 is 1.97 bits per heavy atom. The summed E-state index contributed by atoms with van der Waals surface area (Å²) in [4.78, 5) is 14.9. The Morgan fingerprint density at radius 1 is 1.21 bits per heavy atom. The number of benzene rings is 2. The molecular weight excluding hydrogens is 574 g/mol. The smallest absolute Gasteiger partial charge is 0.329 e. The molecule has 11 heteroatoms. The number of carbonyl (C=O) groups excluding carboxylic acids is 1. The van der Waals surface area contributed by atoms with Crippen LogP contribution in [0.2, 0.25) is 0 Å². The predicted octanol–water partition coefficient (Wildman–Crippen LogP) is 4.70. The van der Waals surface area contributed by atoms with Gasteiger partial charge >= 0.3 is 6.03 Å². The molecule has 2 N–H and O–H groups in total. The van der Waals surface area contributed by atoms with Gasteiger partial charge in [0.2, 0.25) is 6.79 Å². The number of hydrogen-bond donors (Lipinski definition) is 2. The molecule has 0 aromatic heterocycles. The third kappa shape index (κ3) is 7.09. The highest BCUT2D eigenvalue weighted by Gasteiger charge is 2.26. The molecule has 1 unspecified atom stereocenters. The maximum Gasteiger partial charge on any atom is 0.329 e. The fraction of sp³-hybridized carbons (Fsp3) is 0.370. The fourth-order valence-corrected chi connectivity index (χ4v) is 6.02. The summed E-state index contributed by atoms with van der Waals surface area (Å²) in [6.45, 7) is 4.34. The highest BCUT2D eigenvalue weighted by atomic mass is 79.9. The summed E-state index contributed by atoms with van der Waals surface area (Å²) in [7, 11) is -2.13. The Balaban J connectivity index is 1.39. The maximum atomic E-state index is 12.9. The average molecular weight is 607 g/mol. The molecule has 2 amide bonds. The van der Waals surface area contributed by atoms with Gasteiger partial charge in [0.05, 0.1) is 17.6 Å². The first-order chi connectivity index (χ1) is 18.1. The van der Waals surface area contributed by atoms with E-state index in [1.165, 1.54) is 0 Å². The molecule has 204 valence electrons. The van der Waals surface area contributed by atoms with Gasteiger partial charge in [-0.2, -0.15) is 0 Å². The molecule has 0 saturated carbocycles. The van der Waals surface area contributed by atoms with Crippen molar-refractivity contribution in [3.63, 3.8) is 0 Å². The van der Waals surface area contributed by atoms with E-state index in [1.54, 1.807) is 13.0 Å². The number of nitrogens with one attached hydrogen (secondary N) is 2. The number of sulfonamides is 1. The van der Waals surface area contributed by atoms with Crippen LogP contribution in [0, 0.1) is 5.92 Å². The predicted molar refractivity (Wildman–Crippen MR) is 150 cm³/mol. The van der Waals surface area contributed by atoms with E-state index in [4.69, 9.17) is 14.2 Å². The summed E-state index contributed by atoms with van der Waals surface area (Å²) >= 11 is 3.54. The minimum absolute atomic E-state index is 0.134. The number of urea groups is 1. The van der Waals surface area contributed by atoms with Crippen LogP contribution in [0.4, 0.5) is 10.5 Å². The SMILES string of the molecule is CC1=CC(C)CC=C1S(=O)(=O)NC(=O)N[C@H](COCN(C)c1ccc2c(c1)OCO2)Cc1ccccc1Br. The molecule has 2 aliphatic rings. The molecule has 1 aliphatic heterocycles. The van der Waals surface area contributed by atoms with Crippen LogP contribution in [0.15, 0.2) is 69.6 Å². The van der Waals surface area contributed by atoms with Gasteiger partial charge in [-0.15, -0.1) is 0 Å². The second kappa shape index (κ2) is 12.2. The molecule has 2 atom stereocenters. The lowest BCUT2D eigenvalue weighted by Crippen LogP contribution is -2.47. The van der Waals surface area contributed by atoms with Gasteiger partial charge in [0.15, 0.2) is 11.5 Å². The first kappa shape index (κ1) is 28.0. The van der Waals surface area contributed by atoms with Crippen LogP contribution in [0.25, 0.3) is 0 Å². The Morgan fingerprint density at radius 3 is 2.74 bits per heavy atom. The van der Waals surface area contributed by atoms with Crippen molar-refractivity contribution in [2.24, 2.45) is 5.92 Å². The monoisotopic (exact) mass is 605 g/mol. The van der Waals surface area contributed by atoms with Crippen molar-refractivity contribution in [3.8, 4) is 11.5 Å². The lowest BCUT2D eigenvalue weighted by Gasteiger charge is -2.24. The van der Waals surface area contributed by atoms with Gasteiger partial charge in [0, 0.05) is 23.3 Å². The summed E-state index contributed by atoms with van der Waals surface area (Å²) in [5.74, 6) is 1.63. The third-order valence-corrected chi connectivity index (χ3v) is 8.57. The second-order valence-electron chi connectivity index (χ2n) is 9.44. The minimum Gasteiger partial charge on any atom is -0.454 e. The fourth-order valence-electron chi connectivity index (χ4n) is 4.35. The Bertz CT molecular complexity index is 1340. The molecule has 4 rings (SSSR count). The van der Waals surface area contributed by atoms with E-state index in [9.17, 15) is 13.2 Å². The second-order valence-corrected chi connectivity index (χ2v) is 11.9. The lowest BCUT2D eigenvalue weighted by atomic mass is 9.99. The number of nitrogens with zero attached hydrogens (tertiary/aromatic N) is 1. The third-order valence-electron chi connectivity index (χ3n) is 6.28. The molecule has 2 aromatic rings. The van der Waals surface area contributed by atoms with Gasteiger partial charge in [0.25, 0.3) is 10.0 Å². The minimum atomic E-state index is -4.01. The zero-order valence-electron chi connectivity index (χ0n) is 21.6.